The molecule has 0 bridgehead atoms. The molecule has 0 amide bonds. The molecule has 2 unspecified atom stereocenters. The van der Waals surface area contributed by atoms with Gasteiger partial charge in [-0.25, -0.2) is 0 Å². The van der Waals surface area contributed by atoms with Crippen LogP contribution in [0.2, 0.25) is 4.34 Å². The molecule has 6 heteroatoms. The third-order valence-corrected chi connectivity index (χ3v) is 7.28. The fraction of sp³-hybridized carbons (Fsp3) is 0.429. The van der Waals surface area contributed by atoms with Gasteiger partial charge >= 0.3 is 0 Å². The highest BCUT2D eigenvalue weighted by molar-refractivity contribution is 8.06. The van der Waals surface area contributed by atoms with Crippen LogP contribution in [0.15, 0.2) is 34.9 Å². The van der Waals surface area contributed by atoms with E-state index in [0.717, 1.165) is 16.6 Å². The molecular weight excluding hydrogens is 330 g/mol. The third-order valence-electron chi connectivity index (χ3n) is 3.14. The van der Waals surface area contributed by atoms with Gasteiger partial charge in [0.25, 0.3) is 0 Å². The number of rotatable bonds is 5. The molecule has 1 saturated heterocycles. The van der Waals surface area contributed by atoms with E-state index in [9.17, 15) is 0 Å². The summed E-state index contributed by atoms with van der Waals surface area (Å²) in [4.78, 5) is 1.21. The van der Waals surface area contributed by atoms with Gasteiger partial charge in [0.05, 0.1) is 10.6 Å². The molecule has 2 atom stereocenters. The minimum absolute atomic E-state index is 0.107. The highest BCUT2D eigenvalue weighted by atomic mass is 35.5. The second kappa shape index (κ2) is 7.27. The summed E-state index contributed by atoms with van der Waals surface area (Å²) in [6, 6.07) is 8.09. The van der Waals surface area contributed by atoms with Crippen molar-refractivity contribution < 1.29 is 4.42 Å². The Balaban J connectivity index is 1.69. The maximum atomic E-state index is 6.07. The SMILES string of the molecule is Clc1ccc(C(NCC2CSCCS2)c2ccco2)s1. The first kappa shape index (κ1) is 14.9. The van der Waals surface area contributed by atoms with Gasteiger partial charge in [-0.1, -0.05) is 11.6 Å². The van der Waals surface area contributed by atoms with Gasteiger partial charge in [0.2, 0.25) is 0 Å². The Morgan fingerprint density at radius 2 is 2.30 bits per heavy atom. The van der Waals surface area contributed by atoms with Gasteiger partial charge in [-0.2, -0.15) is 23.5 Å². The molecule has 3 heterocycles. The van der Waals surface area contributed by atoms with Gasteiger partial charge < -0.3 is 9.73 Å². The lowest BCUT2D eigenvalue weighted by atomic mass is 10.2. The Morgan fingerprint density at radius 3 is 2.95 bits per heavy atom. The average Bonchev–Trinajstić information content (AvgIpc) is 3.13. The Labute approximate surface area is 136 Å². The molecule has 1 aliphatic rings. The highest BCUT2D eigenvalue weighted by Crippen LogP contribution is 2.32. The summed E-state index contributed by atoms with van der Waals surface area (Å²) in [5, 5.41) is 4.33. The zero-order valence-electron chi connectivity index (χ0n) is 10.9. The first-order chi connectivity index (χ1) is 9.83. The van der Waals surface area contributed by atoms with Gasteiger partial charge in [0.15, 0.2) is 0 Å². The average molecular weight is 346 g/mol. The molecule has 20 heavy (non-hydrogen) atoms. The van der Waals surface area contributed by atoms with E-state index in [-0.39, 0.29) is 6.04 Å². The molecule has 2 aromatic rings. The van der Waals surface area contributed by atoms with Crippen LogP contribution in [0.25, 0.3) is 0 Å². The summed E-state index contributed by atoms with van der Waals surface area (Å²) in [7, 11) is 0. The number of halogens is 1. The molecule has 3 rings (SSSR count). The lowest BCUT2D eigenvalue weighted by Gasteiger charge is -2.24. The van der Waals surface area contributed by atoms with Crippen LogP contribution >= 0.6 is 46.5 Å². The van der Waals surface area contributed by atoms with E-state index in [4.69, 9.17) is 16.0 Å². The fourth-order valence-corrected chi connectivity index (χ4v) is 5.95. The lowest BCUT2D eigenvalue weighted by Crippen LogP contribution is -2.32. The first-order valence-corrected chi connectivity index (χ1v) is 9.94. The van der Waals surface area contributed by atoms with Crippen molar-refractivity contribution in [1.29, 1.82) is 0 Å². The number of nitrogens with one attached hydrogen (secondary N) is 1. The van der Waals surface area contributed by atoms with Crippen molar-refractivity contribution in [3.8, 4) is 0 Å². The number of thiophene rings is 1. The minimum atomic E-state index is 0.107. The normalized spacial score (nSPS) is 20.9. The van der Waals surface area contributed by atoms with Crippen molar-refractivity contribution in [2.24, 2.45) is 0 Å². The van der Waals surface area contributed by atoms with Gasteiger partial charge in [0, 0.05) is 33.9 Å². The molecule has 0 saturated carbocycles. The zero-order chi connectivity index (χ0) is 13.8. The topological polar surface area (TPSA) is 25.2 Å². The predicted octanol–water partition coefficient (Wildman–Crippen LogP) is 4.52. The zero-order valence-corrected chi connectivity index (χ0v) is 14.1. The Morgan fingerprint density at radius 1 is 1.35 bits per heavy atom. The highest BCUT2D eigenvalue weighted by Gasteiger charge is 2.21. The lowest BCUT2D eigenvalue weighted by molar-refractivity contribution is 0.451. The van der Waals surface area contributed by atoms with Crippen LogP contribution in [-0.4, -0.2) is 29.1 Å². The number of hydrogen-bond donors (Lipinski definition) is 1. The van der Waals surface area contributed by atoms with Crippen LogP contribution in [0.4, 0.5) is 0 Å². The monoisotopic (exact) mass is 345 g/mol. The van der Waals surface area contributed by atoms with Gasteiger partial charge in [-0.15, -0.1) is 11.3 Å². The van der Waals surface area contributed by atoms with Crippen LogP contribution < -0.4 is 5.32 Å². The van der Waals surface area contributed by atoms with E-state index in [2.05, 4.69) is 23.1 Å². The minimum Gasteiger partial charge on any atom is -0.467 e. The number of furan rings is 1. The van der Waals surface area contributed by atoms with E-state index in [1.54, 1.807) is 17.6 Å². The van der Waals surface area contributed by atoms with Crippen LogP contribution in [0.1, 0.15) is 16.7 Å². The molecule has 2 aromatic heterocycles. The molecule has 108 valence electrons. The van der Waals surface area contributed by atoms with E-state index in [1.807, 2.05) is 30.0 Å². The van der Waals surface area contributed by atoms with Crippen LogP contribution in [0.3, 0.4) is 0 Å². The molecule has 1 fully saturated rings. The molecule has 2 nitrogen and oxygen atoms in total. The maximum absolute atomic E-state index is 6.07. The van der Waals surface area contributed by atoms with E-state index in [0.29, 0.717) is 5.25 Å². The van der Waals surface area contributed by atoms with Crippen LogP contribution in [-0.2, 0) is 0 Å². The summed E-state index contributed by atoms with van der Waals surface area (Å²) >= 11 is 11.8. The second-order valence-electron chi connectivity index (χ2n) is 4.57. The molecule has 1 N–H and O–H groups in total. The van der Waals surface area contributed by atoms with Crippen molar-refractivity contribution >= 4 is 46.5 Å². The quantitative estimate of drug-likeness (QED) is 0.861. The molecule has 0 aromatic carbocycles. The number of thioether (sulfide) groups is 2. The Kier molecular flexibility index (Phi) is 5.40. The van der Waals surface area contributed by atoms with E-state index >= 15 is 0 Å². The largest absolute Gasteiger partial charge is 0.467 e. The summed E-state index contributed by atoms with van der Waals surface area (Å²) in [6.45, 7) is 0.999. The van der Waals surface area contributed by atoms with Crippen molar-refractivity contribution in [2.45, 2.75) is 11.3 Å². The Hall–Kier alpha value is -0.0700. The first-order valence-electron chi connectivity index (χ1n) is 6.54. The van der Waals surface area contributed by atoms with Gasteiger partial charge in [-0.3, -0.25) is 0 Å². The summed E-state index contributed by atoms with van der Waals surface area (Å²) < 4.78 is 6.41. The smallest absolute Gasteiger partial charge is 0.126 e. The molecule has 0 radical (unpaired) electrons. The van der Waals surface area contributed by atoms with Gasteiger partial charge in [-0.05, 0) is 24.3 Å². The van der Waals surface area contributed by atoms with Crippen molar-refractivity contribution in [3.63, 3.8) is 0 Å². The predicted molar refractivity (Wildman–Crippen MR) is 91.5 cm³/mol. The van der Waals surface area contributed by atoms with Crippen molar-refractivity contribution in [1.82, 2.24) is 5.32 Å². The van der Waals surface area contributed by atoms with Crippen molar-refractivity contribution in [2.75, 3.05) is 23.8 Å². The van der Waals surface area contributed by atoms with Crippen molar-refractivity contribution in [3.05, 3.63) is 45.5 Å². The molecular formula is C14H16ClNOS3. The van der Waals surface area contributed by atoms with E-state index in [1.165, 1.54) is 22.1 Å². The molecule has 1 aliphatic heterocycles. The van der Waals surface area contributed by atoms with Gasteiger partial charge in [0.1, 0.15) is 11.8 Å². The fourth-order valence-electron chi connectivity index (χ4n) is 2.18. The summed E-state index contributed by atoms with van der Waals surface area (Å²) in [5.41, 5.74) is 0. The number of hydrogen-bond acceptors (Lipinski definition) is 5. The maximum Gasteiger partial charge on any atom is 0.126 e. The van der Waals surface area contributed by atoms with Crippen LogP contribution in [0, 0.1) is 0 Å². The standard InChI is InChI=1S/C14H16ClNOS3/c15-13-4-3-12(20-13)14(11-2-1-5-17-11)16-8-10-9-18-6-7-19-10/h1-5,10,14,16H,6-9H2. The molecule has 0 aliphatic carbocycles. The van der Waals surface area contributed by atoms with Crippen LogP contribution in [0.5, 0.6) is 0 Å². The summed E-state index contributed by atoms with van der Waals surface area (Å²) in [6.07, 6.45) is 1.73. The summed E-state index contributed by atoms with van der Waals surface area (Å²) in [5.74, 6) is 4.72. The second-order valence-corrected chi connectivity index (χ2v) is 8.87. The molecule has 0 spiro atoms. The third kappa shape index (κ3) is 3.77. The Bertz CT molecular complexity index is 522. The van der Waals surface area contributed by atoms with E-state index < -0.39 is 0 Å².